The van der Waals surface area contributed by atoms with Gasteiger partial charge in [0.15, 0.2) is 0 Å². The number of carbonyl (C=O) groups is 2. The number of halogens is 1. The number of fused-ring (bicyclic) bond motifs is 1. The molecule has 1 aliphatic rings. The zero-order valence-corrected chi connectivity index (χ0v) is 20.7. The zero-order chi connectivity index (χ0) is 24.3. The largest absolute Gasteiger partial charge is 0.481 e. The number of hydrogen-bond acceptors (Lipinski definition) is 3. The monoisotopic (exact) mass is 518 g/mol. The lowest BCUT2D eigenvalue weighted by atomic mass is 9.77. The number of nitrogens with one attached hydrogen (secondary N) is 2. The first kappa shape index (κ1) is 23.8. The normalized spacial score (nSPS) is 18.6. The van der Waals surface area contributed by atoms with E-state index < -0.39 is 16.9 Å². The molecule has 1 aliphatic heterocycles. The molecule has 6 heteroatoms. The maximum Gasteiger partial charge on any atom is 0.315 e. The predicted molar refractivity (Wildman–Crippen MR) is 139 cm³/mol. The van der Waals surface area contributed by atoms with E-state index in [1.165, 1.54) is 0 Å². The van der Waals surface area contributed by atoms with E-state index in [-0.39, 0.29) is 12.5 Å². The van der Waals surface area contributed by atoms with Crippen molar-refractivity contribution >= 4 is 39.1 Å². The number of aliphatic carboxylic acids is 1. The van der Waals surface area contributed by atoms with Crippen molar-refractivity contribution < 1.29 is 14.7 Å². The number of carbonyl (C=O) groups excluding carboxylic acids is 1. The number of carboxylic acid groups (broad SMARTS) is 1. The van der Waals surface area contributed by atoms with Gasteiger partial charge in [0.2, 0.25) is 0 Å². The molecule has 174 valence electrons. The summed E-state index contributed by atoms with van der Waals surface area (Å²) in [6.07, 6.45) is 2.26. The fourth-order valence-electron chi connectivity index (χ4n) is 4.52. The summed E-state index contributed by atoms with van der Waals surface area (Å²) < 4.78 is 0.854. The molecular formula is C28H27BrN2O3. The summed E-state index contributed by atoms with van der Waals surface area (Å²) in [7, 11) is 0. The first-order chi connectivity index (χ1) is 16.3. The molecule has 5 nitrogen and oxygen atoms in total. The molecule has 0 bridgehead atoms. The smallest absolute Gasteiger partial charge is 0.315 e. The minimum atomic E-state index is -1.22. The van der Waals surface area contributed by atoms with Crippen LogP contribution >= 0.6 is 15.9 Å². The fourth-order valence-corrected chi connectivity index (χ4v) is 4.88. The molecule has 34 heavy (non-hydrogen) atoms. The van der Waals surface area contributed by atoms with E-state index in [4.69, 9.17) is 0 Å². The van der Waals surface area contributed by atoms with Gasteiger partial charge in [-0.15, -0.1) is 0 Å². The SMILES string of the molecule is CCC(CNC(=O)C1=CC(C)(c2ccccc2)Nc2ccc(Br)cc21)(C(=O)O)c1ccccc1. The Labute approximate surface area is 208 Å². The second-order valence-corrected chi connectivity index (χ2v) is 9.65. The summed E-state index contributed by atoms with van der Waals surface area (Å²) >= 11 is 3.51. The maximum absolute atomic E-state index is 13.6. The summed E-state index contributed by atoms with van der Waals surface area (Å²) in [5.74, 6) is -1.27. The summed E-state index contributed by atoms with van der Waals surface area (Å²) in [6.45, 7) is 3.84. The van der Waals surface area contributed by atoms with E-state index in [0.29, 0.717) is 17.6 Å². The molecule has 0 aliphatic carbocycles. The van der Waals surface area contributed by atoms with Crippen molar-refractivity contribution in [2.45, 2.75) is 31.2 Å². The molecule has 0 spiro atoms. The Bertz CT molecular complexity index is 1240. The highest BCUT2D eigenvalue weighted by Crippen LogP contribution is 2.40. The van der Waals surface area contributed by atoms with Crippen LogP contribution < -0.4 is 10.6 Å². The molecule has 3 aromatic rings. The van der Waals surface area contributed by atoms with Gasteiger partial charge < -0.3 is 15.7 Å². The molecule has 3 aromatic carbocycles. The Hall–Kier alpha value is -3.38. The van der Waals surface area contributed by atoms with Crippen molar-refractivity contribution in [3.8, 4) is 0 Å². The number of amides is 1. The minimum Gasteiger partial charge on any atom is -0.481 e. The van der Waals surface area contributed by atoms with Crippen LogP contribution in [0.4, 0.5) is 5.69 Å². The number of anilines is 1. The fraction of sp³-hybridized carbons (Fsp3) is 0.214. The van der Waals surface area contributed by atoms with E-state index in [1.54, 1.807) is 12.1 Å². The van der Waals surface area contributed by atoms with Crippen molar-refractivity contribution in [3.63, 3.8) is 0 Å². The van der Waals surface area contributed by atoms with Crippen molar-refractivity contribution in [1.82, 2.24) is 5.32 Å². The highest BCUT2D eigenvalue weighted by molar-refractivity contribution is 9.10. The van der Waals surface area contributed by atoms with E-state index in [9.17, 15) is 14.7 Å². The Balaban J connectivity index is 1.72. The van der Waals surface area contributed by atoms with Crippen molar-refractivity contribution in [1.29, 1.82) is 0 Å². The second kappa shape index (κ2) is 9.47. The van der Waals surface area contributed by atoms with Crippen LogP contribution in [0.1, 0.15) is 37.0 Å². The minimum absolute atomic E-state index is 0.0160. The molecule has 2 atom stereocenters. The van der Waals surface area contributed by atoms with Crippen LogP contribution in [0.25, 0.3) is 5.57 Å². The average Bonchev–Trinajstić information content (AvgIpc) is 2.85. The van der Waals surface area contributed by atoms with E-state index in [0.717, 1.165) is 21.3 Å². The van der Waals surface area contributed by atoms with Crippen LogP contribution in [0.2, 0.25) is 0 Å². The van der Waals surface area contributed by atoms with Gasteiger partial charge in [-0.3, -0.25) is 9.59 Å². The topological polar surface area (TPSA) is 78.4 Å². The molecule has 0 aromatic heterocycles. The predicted octanol–water partition coefficient (Wildman–Crippen LogP) is 5.72. The van der Waals surface area contributed by atoms with Crippen LogP contribution in [0.3, 0.4) is 0 Å². The Kier molecular flexibility index (Phi) is 6.62. The van der Waals surface area contributed by atoms with Crippen LogP contribution in [0, 0.1) is 0 Å². The molecule has 0 fully saturated rings. The van der Waals surface area contributed by atoms with Gasteiger partial charge in [-0.25, -0.2) is 0 Å². The molecule has 0 saturated heterocycles. The quantitative estimate of drug-likeness (QED) is 0.373. The van der Waals surface area contributed by atoms with Crippen LogP contribution in [0.15, 0.2) is 89.4 Å². The lowest BCUT2D eigenvalue weighted by Gasteiger charge is -2.36. The van der Waals surface area contributed by atoms with Crippen LogP contribution in [-0.2, 0) is 20.5 Å². The van der Waals surface area contributed by atoms with Gasteiger partial charge >= 0.3 is 5.97 Å². The van der Waals surface area contributed by atoms with Crippen LogP contribution in [0.5, 0.6) is 0 Å². The maximum atomic E-state index is 13.6. The van der Waals surface area contributed by atoms with Gasteiger partial charge in [-0.05, 0) is 48.7 Å². The number of benzene rings is 3. The highest BCUT2D eigenvalue weighted by Gasteiger charge is 2.40. The molecule has 2 unspecified atom stereocenters. The first-order valence-electron chi connectivity index (χ1n) is 11.2. The van der Waals surface area contributed by atoms with Gasteiger partial charge in [0, 0.05) is 27.8 Å². The summed E-state index contributed by atoms with van der Waals surface area (Å²) in [6, 6.07) is 24.8. The average molecular weight is 519 g/mol. The second-order valence-electron chi connectivity index (χ2n) is 8.73. The molecule has 3 N–H and O–H groups in total. The summed E-state index contributed by atoms with van der Waals surface area (Å²) in [5, 5.41) is 16.6. The highest BCUT2D eigenvalue weighted by atomic mass is 79.9. The lowest BCUT2D eigenvalue weighted by molar-refractivity contribution is -0.144. The molecule has 1 amide bonds. The third-order valence-electron chi connectivity index (χ3n) is 6.61. The molecule has 4 rings (SSSR count). The standard InChI is InChI=1S/C28H27BrN2O3/c1-3-28(26(33)34,20-12-8-5-9-13-20)18-30-25(32)23-17-27(2,19-10-6-4-7-11-19)31-24-15-14-21(29)16-22(23)24/h4-17,31H,3,18H2,1-2H3,(H,30,32)(H,33,34). The summed E-state index contributed by atoms with van der Waals surface area (Å²) in [4.78, 5) is 26.0. The van der Waals surface area contributed by atoms with Gasteiger partial charge in [-0.1, -0.05) is 83.5 Å². The number of hydrogen-bond donors (Lipinski definition) is 3. The zero-order valence-electron chi connectivity index (χ0n) is 19.1. The van der Waals surface area contributed by atoms with Gasteiger partial charge in [0.25, 0.3) is 5.91 Å². The van der Waals surface area contributed by atoms with Gasteiger partial charge in [-0.2, -0.15) is 0 Å². The molecule has 1 heterocycles. The summed E-state index contributed by atoms with van der Waals surface area (Å²) in [5.41, 5.74) is 1.97. The van der Waals surface area contributed by atoms with E-state index in [2.05, 4.69) is 26.6 Å². The van der Waals surface area contributed by atoms with Gasteiger partial charge in [0.1, 0.15) is 5.41 Å². The van der Waals surface area contributed by atoms with Crippen molar-refractivity contribution in [2.24, 2.45) is 0 Å². The molecular weight excluding hydrogens is 492 g/mol. The van der Waals surface area contributed by atoms with Crippen molar-refractivity contribution in [3.05, 3.63) is 106 Å². The Morgan fingerprint density at radius 3 is 2.29 bits per heavy atom. The van der Waals surface area contributed by atoms with E-state index in [1.807, 2.05) is 86.7 Å². The first-order valence-corrected chi connectivity index (χ1v) is 12.0. The van der Waals surface area contributed by atoms with Gasteiger partial charge in [0.05, 0.1) is 5.54 Å². The Morgan fingerprint density at radius 2 is 1.68 bits per heavy atom. The van der Waals surface area contributed by atoms with Crippen molar-refractivity contribution in [2.75, 3.05) is 11.9 Å². The molecule has 0 radical (unpaired) electrons. The van der Waals surface area contributed by atoms with Crippen LogP contribution in [-0.4, -0.2) is 23.5 Å². The Morgan fingerprint density at radius 1 is 1.03 bits per heavy atom. The molecule has 0 saturated carbocycles. The number of rotatable bonds is 7. The third-order valence-corrected chi connectivity index (χ3v) is 7.10. The lowest BCUT2D eigenvalue weighted by Crippen LogP contribution is -2.47. The number of carboxylic acids is 1. The third kappa shape index (κ3) is 4.38. The van der Waals surface area contributed by atoms with E-state index >= 15 is 0 Å².